The van der Waals surface area contributed by atoms with Crippen molar-refractivity contribution in [1.29, 1.82) is 0 Å². The molecular formula is C21H20ClN3O4S2. The minimum absolute atomic E-state index is 0.246. The number of sulfonamides is 1. The Kier molecular flexibility index (Phi) is 6.29. The van der Waals surface area contributed by atoms with Crippen LogP contribution in [0.4, 0.5) is 0 Å². The van der Waals surface area contributed by atoms with E-state index < -0.39 is 10.0 Å². The Hall–Kier alpha value is -2.46. The van der Waals surface area contributed by atoms with Crippen LogP contribution < -0.4 is 0 Å². The highest BCUT2D eigenvalue weighted by Crippen LogP contribution is 2.35. The van der Waals surface area contributed by atoms with Crippen LogP contribution in [0.1, 0.15) is 17.1 Å². The van der Waals surface area contributed by atoms with E-state index in [2.05, 4.69) is 10.1 Å². The summed E-state index contributed by atoms with van der Waals surface area (Å²) in [4.78, 5) is 5.91. The molecule has 0 bridgehead atoms. The molecule has 0 radical (unpaired) electrons. The van der Waals surface area contributed by atoms with Crippen LogP contribution in [-0.4, -0.2) is 36.5 Å². The number of rotatable bonds is 8. The molecule has 0 spiro atoms. The van der Waals surface area contributed by atoms with Gasteiger partial charge in [-0.3, -0.25) is 0 Å². The zero-order valence-corrected chi connectivity index (χ0v) is 19.3. The first-order chi connectivity index (χ1) is 14.8. The van der Waals surface area contributed by atoms with E-state index in [0.29, 0.717) is 40.0 Å². The second-order valence-corrected chi connectivity index (χ2v) is 10.7. The Bertz CT molecular complexity index is 1280. The molecule has 0 saturated carbocycles. The number of thiophene rings is 1. The Morgan fingerprint density at radius 1 is 1.19 bits per heavy atom. The molecule has 3 heterocycles. The third-order valence-corrected chi connectivity index (χ3v) is 8.14. The molecular weight excluding hydrogens is 458 g/mol. The van der Waals surface area contributed by atoms with Crippen LogP contribution in [-0.2, 0) is 16.4 Å². The summed E-state index contributed by atoms with van der Waals surface area (Å²) in [6, 6.07) is 12.4. The first-order valence-corrected chi connectivity index (χ1v) is 12.2. The van der Waals surface area contributed by atoms with Crippen molar-refractivity contribution in [3.8, 4) is 22.2 Å². The molecule has 3 aromatic heterocycles. The lowest BCUT2D eigenvalue weighted by molar-refractivity contribution is 0.433. The predicted molar refractivity (Wildman–Crippen MR) is 120 cm³/mol. The molecule has 0 amide bonds. The zero-order chi connectivity index (χ0) is 22.0. The number of hydrogen-bond donors (Lipinski definition) is 0. The average molecular weight is 478 g/mol. The molecule has 0 N–H and O–H groups in total. The van der Waals surface area contributed by atoms with Gasteiger partial charge in [0.15, 0.2) is 0 Å². The first-order valence-electron chi connectivity index (χ1n) is 9.54. The van der Waals surface area contributed by atoms with Crippen molar-refractivity contribution in [3.05, 3.63) is 64.4 Å². The maximum absolute atomic E-state index is 13.1. The van der Waals surface area contributed by atoms with Crippen molar-refractivity contribution in [2.24, 2.45) is 0 Å². The minimum atomic E-state index is -3.64. The summed E-state index contributed by atoms with van der Waals surface area (Å²) in [6.45, 7) is 2.15. The van der Waals surface area contributed by atoms with Crippen molar-refractivity contribution in [3.63, 3.8) is 0 Å². The van der Waals surface area contributed by atoms with Gasteiger partial charge >= 0.3 is 0 Å². The quantitative estimate of drug-likeness (QED) is 0.343. The highest BCUT2D eigenvalue weighted by Gasteiger charge is 2.26. The lowest BCUT2D eigenvalue weighted by atomic mass is 10.2. The van der Waals surface area contributed by atoms with Crippen LogP contribution >= 0.6 is 22.9 Å². The average Bonchev–Trinajstić information content (AvgIpc) is 3.48. The molecule has 4 rings (SSSR count). The summed E-state index contributed by atoms with van der Waals surface area (Å²) < 4.78 is 38.2. The van der Waals surface area contributed by atoms with Gasteiger partial charge in [0.2, 0.25) is 15.8 Å². The fourth-order valence-electron chi connectivity index (χ4n) is 3.11. The number of nitrogens with zero attached hydrogens (tertiary/aromatic N) is 3. The summed E-state index contributed by atoms with van der Waals surface area (Å²) in [5.41, 5.74) is 0.722. The van der Waals surface area contributed by atoms with Crippen LogP contribution in [0.15, 0.2) is 62.6 Å². The molecule has 0 saturated heterocycles. The summed E-state index contributed by atoms with van der Waals surface area (Å²) in [5.74, 6) is 1.50. The number of aryl methyl sites for hydroxylation is 2. The van der Waals surface area contributed by atoms with Gasteiger partial charge in [0.25, 0.3) is 5.89 Å². The Morgan fingerprint density at radius 3 is 2.77 bits per heavy atom. The van der Waals surface area contributed by atoms with Crippen molar-refractivity contribution in [2.45, 2.75) is 24.7 Å². The zero-order valence-electron chi connectivity index (χ0n) is 16.9. The van der Waals surface area contributed by atoms with E-state index in [1.54, 1.807) is 44.5 Å². The third kappa shape index (κ3) is 4.74. The highest BCUT2D eigenvalue weighted by atomic mass is 35.5. The molecule has 0 aliphatic rings. The van der Waals surface area contributed by atoms with Crippen LogP contribution in [0, 0.1) is 6.92 Å². The highest BCUT2D eigenvalue weighted by molar-refractivity contribution is 7.89. The number of halogens is 1. The number of aromatic nitrogens is 2. The summed E-state index contributed by atoms with van der Waals surface area (Å²) >= 11 is 7.33. The Morgan fingerprint density at radius 2 is 2.03 bits per heavy atom. The van der Waals surface area contributed by atoms with E-state index in [9.17, 15) is 8.42 Å². The fraction of sp³-hybridized carbons (Fsp3) is 0.238. The minimum Gasteiger partial charge on any atom is -0.469 e. The molecule has 0 aliphatic heterocycles. The summed E-state index contributed by atoms with van der Waals surface area (Å²) in [5, 5.41) is 4.57. The van der Waals surface area contributed by atoms with Gasteiger partial charge in [0.1, 0.15) is 5.76 Å². The van der Waals surface area contributed by atoms with Crippen molar-refractivity contribution in [2.75, 3.05) is 13.6 Å². The van der Waals surface area contributed by atoms with Gasteiger partial charge in [-0.05, 0) is 43.7 Å². The second kappa shape index (κ2) is 8.96. The summed E-state index contributed by atoms with van der Waals surface area (Å²) in [7, 11) is -2.06. The number of benzene rings is 1. The van der Waals surface area contributed by atoms with E-state index in [1.165, 1.54) is 15.6 Å². The predicted octanol–water partition coefficient (Wildman–Crippen LogP) is 5.27. The third-order valence-electron chi connectivity index (χ3n) is 4.76. The van der Waals surface area contributed by atoms with Crippen LogP contribution in [0.3, 0.4) is 0 Å². The Balaban J connectivity index is 1.51. The first kappa shape index (κ1) is 21.8. The van der Waals surface area contributed by atoms with E-state index in [4.69, 9.17) is 20.5 Å². The van der Waals surface area contributed by atoms with E-state index in [1.807, 2.05) is 18.2 Å². The molecule has 0 fully saturated rings. The van der Waals surface area contributed by atoms with Crippen molar-refractivity contribution < 1.29 is 17.4 Å². The van der Waals surface area contributed by atoms with E-state index in [-0.39, 0.29) is 10.8 Å². The molecule has 7 nitrogen and oxygen atoms in total. The molecule has 1 aromatic carbocycles. The van der Waals surface area contributed by atoms with Crippen LogP contribution in [0.5, 0.6) is 0 Å². The van der Waals surface area contributed by atoms with Crippen LogP contribution in [0.25, 0.3) is 22.2 Å². The number of furan rings is 1. The lowest BCUT2D eigenvalue weighted by Crippen LogP contribution is -2.28. The van der Waals surface area contributed by atoms with E-state index >= 15 is 0 Å². The molecule has 0 atom stereocenters. The standard InChI is InChI=1S/C21H20ClN3O4S2/c1-14-19(31(26,27)25(2)10-4-8-17-9-5-11-28-17)13-18(30-14)21-23-20(24-29-21)15-6-3-7-16(22)12-15/h3,5-7,9,11-13H,4,8,10H2,1-2H3. The van der Waals surface area contributed by atoms with Gasteiger partial charge < -0.3 is 8.94 Å². The van der Waals surface area contributed by atoms with Crippen LogP contribution in [0.2, 0.25) is 5.02 Å². The van der Waals surface area contributed by atoms with Gasteiger partial charge in [0, 0.05) is 35.5 Å². The van der Waals surface area contributed by atoms with Gasteiger partial charge in [-0.25, -0.2) is 12.7 Å². The Labute approximate surface area is 189 Å². The van der Waals surface area contributed by atoms with Crippen molar-refractivity contribution >= 4 is 33.0 Å². The second-order valence-electron chi connectivity index (χ2n) is 6.97. The van der Waals surface area contributed by atoms with Crippen molar-refractivity contribution in [1.82, 2.24) is 14.4 Å². The smallest absolute Gasteiger partial charge is 0.268 e. The monoisotopic (exact) mass is 477 g/mol. The molecule has 31 heavy (non-hydrogen) atoms. The molecule has 0 aliphatic carbocycles. The maximum Gasteiger partial charge on any atom is 0.268 e. The van der Waals surface area contributed by atoms with Gasteiger partial charge in [-0.15, -0.1) is 11.3 Å². The van der Waals surface area contributed by atoms with Gasteiger partial charge in [-0.2, -0.15) is 4.98 Å². The molecule has 10 heteroatoms. The molecule has 162 valence electrons. The lowest BCUT2D eigenvalue weighted by Gasteiger charge is -2.16. The number of hydrogen-bond acceptors (Lipinski definition) is 7. The molecule has 4 aromatic rings. The van der Waals surface area contributed by atoms with Gasteiger partial charge in [-0.1, -0.05) is 28.9 Å². The molecule has 0 unspecified atom stereocenters. The SMILES string of the molecule is Cc1sc(-c2nc(-c3cccc(Cl)c3)no2)cc1S(=O)(=O)N(C)CCCc1ccco1. The van der Waals surface area contributed by atoms with E-state index in [0.717, 1.165) is 11.3 Å². The summed E-state index contributed by atoms with van der Waals surface area (Å²) in [6.07, 6.45) is 2.95. The van der Waals surface area contributed by atoms with Gasteiger partial charge in [0.05, 0.1) is 16.0 Å². The maximum atomic E-state index is 13.1. The fourth-order valence-corrected chi connectivity index (χ4v) is 5.99. The largest absolute Gasteiger partial charge is 0.469 e. The normalized spacial score (nSPS) is 12.0. The topological polar surface area (TPSA) is 89.4 Å².